The molecule has 1 aromatic rings. The average Bonchev–Trinajstić information content (AvgIpc) is 3.48. The number of benzene rings is 1. The first-order valence-electron chi connectivity index (χ1n) is 10.2. The predicted octanol–water partition coefficient (Wildman–Crippen LogP) is 3.47. The van der Waals surface area contributed by atoms with Crippen LogP contribution in [0.25, 0.3) is 0 Å². The molecule has 4 atom stereocenters. The maximum Gasteiger partial charge on any atom is 2.00 e. The minimum absolute atomic E-state index is 0. The van der Waals surface area contributed by atoms with Crippen LogP contribution in [-0.4, -0.2) is 45.9 Å². The van der Waals surface area contributed by atoms with Crippen LogP contribution in [0.3, 0.4) is 0 Å². The van der Waals surface area contributed by atoms with Gasteiger partial charge >= 0.3 is 16.5 Å². The van der Waals surface area contributed by atoms with E-state index < -0.39 is 17.7 Å². The summed E-state index contributed by atoms with van der Waals surface area (Å²) in [6, 6.07) is 4.62. The number of carbonyl (C=O) groups is 3. The van der Waals surface area contributed by atoms with Crippen molar-refractivity contribution in [3.05, 3.63) is 52.9 Å². The molecule has 3 aliphatic heterocycles. The van der Waals surface area contributed by atoms with Crippen molar-refractivity contribution in [1.82, 2.24) is 4.90 Å². The van der Waals surface area contributed by atoms with Gasteiger partial charge in [-0.1, -0.05) is 32.1 Å². The minimum Gasteiger partial charge on any atom is -0.509 e. The van der Waals surface area contributed by atoms with Crippen LogP contribution in [0, 0.1) is 11.8 Å². The second-order valence-corrected chi connectivity index (χ2v) is 7.95. The van der Waals surface area contributed by atoms with Gasteiger partial charge in [-0.15, -0.1) is 10.2 Å². The monoisotopic (exact) mass is 465 g/mol. The van der Waals surface area contributed by atoms with Crippen molar-refractivity contribution in [3.63, 3.8) is 0 Å². The summed E-state index contributed by atoms with van der Waals surface area (Å²) < 4.78 is 5.65. The second kappa shape index (κ2) is 7.80. The van der Waals surface area contributed by atoms with Gasteiger partial charge in [0.25, 0.3) is 11.8 Å². The number of fused-ring (bicyclic) bond motifs is 6. The summed E-state index contributed by atoms with van der Waals surface area (Å²) in [6.45, 7) is 3.86. The number of ketones is 1. The van der Waals surface area contributed by atoms with Crippen LogP contribution in [0.1, 0.15) is 47.4 Å². The number of amides is 2. The summed E-state index contributed by atoms with van der Waals surface area (Å²) in [5.41, 5.74) is 0.584. The van der Waals surface area contributed by atoms with E-state index in [1.807, 2.05) is 26.0 Å². The summed E-state index contributed by atoms with van der Waals surface area (Å²) in [4.78, 5) is 39.9. The van der Waals surface area contributed by atoms with Gasteiger partial charge in [0.05, 0.1) is 40.9 Å². The fourth-order valence-corrected chi connectivity index (χ4v) is 4.95. The number of hydrogen-bond donors (Lipinski definition) is 1. The maximum atomic E-state index is 13.0. The van der Waals surface area contributed by atoms with Gasteiger partial charge < -0.3 is 9.84 Å². The Morgan fingerprint density at radius 3 is 2.35 bits per heavy atom. The van der Waals surface area contributed by atoms with Crippen molar-refractivity contribution in [2.24, 2.45) is 22.1 Å². The first-order chi connectivity index (χ1) is 14.5. The molecule has 2 bridgehead atoms. The number of hydrogen-bond acceptors (Lipinski definition) is 7. The second-order valence-electron chi connectivity index (χ2n) is 7.95. The Hall–Kier alpha value is -2.64. The quantitative estimate of drug-likeness (QED) is 0.310. The number of aliphatic hydroxyl groups is 1. The number of Topliss-reactive ketones (excluding diaryl/α,β-unsaturated/α-hetero) is 1. The molecule has 5 rings (SSSR count). The van der Waals surface area contributed by atoms with E-state index in [1.54, 1.807) is 18.2 Å². The van der Waals surface area contributed by atoms with E-state index in [-0.39, 0.29) is 74.7 Å². The molecule has 1 aliphatic carbocycles. The van der Waals surface area contributed by atoms with Crippen LogP contribution < -0.4 is 0 Å². The zero-order valence-corrected chi connectivity index (χ0v) is 17.9. The van der Waals surface area contributed by atoms with Crippen LogP contribution in [0.4, 0.5) is 5.69 Å². The number of azo groups is 1. The third-order valence-corrected chi connectivity index (χ3v) is 6.48. The molecule has 1 saturated heterocycles. The molecule has 0 spiro atoms. The van der Waals surface area contributed by atoms with E-state index in [1.165, 1.54) is 4.90 Å². The third kappa shape index (κ3) is 2.94. The van der Waals surface area contributed by atoms with Crippen LogP contribution in [0.2, 0.25) is 0 Å². The van der Waals surface area contributed by atoms with Crippen molar-refractivity contribution in [2.45, 2.75) is 44.9 Å². The standard InChI is InChI=1S/C22H21N3O5.Ni/c1-3-10(4-2)25-21(28)11-6-5-7-12(15(11)22(25)29)23-24-18-19(26)16-13-8-9-14(30-13)17(16)20(18)27;/h5-10,13-14,16-17,26H,3-4H2,1-2H3;/q;+2. The van der Waals surface area contributed by atoms with Crippen LogP contribution in [0.5, 0.6) is 0 Å². The van der Waals surface area contributed by atoms with Crippen molar-refractivity contribution >= 4 is 23.3 Å². The van der Waals surface area contributed by atoms with Crippen molar-refractivity contribution in [1.29, 1.82) is 0 Å². The van der Waals surface area contributed by atoms with E-state index in [9.17, 15) is 19.5 Å². The summed E-state index contributed by atoms with van der Waals surface area (Å²) in [6.07, 6.45) is 4.32. The summed E-state index contributed by atoms with van der Waals surface area (Å²) in [7, 11) is 0. The summed E-state index contributed by atoms with van der Waals surface area (Å²) >= 11 is 0. The zero-order chi connectivity index (χ0) is 21.2. The van der Waals surface area contributed by atoms with Crippen molar-refractivity contribution < 1.29 is 40.7 Å². The van der Waals surface area contributed by atoms with Crippen LogP contribution in [0.15, 0.2) is 52.0 Å². The van der Waals surface area contributed by atoms with E-state index in [4.69, 9.17) is 4.74 Å². The molecule has 1 N–H and O–H groups in total. The Balaban J connectivity index is 0.00000231. The largest absolute Gasteiger partial charge is 2.00 e. The molecular weight excluding hydrogens is 445 g/mol. The first-order valence-corrected chi connectivity index (χ1v) is 10.2. The smallest absolute Gasteiger partial charge is 0.509 e. The van der Waals surface area contributed by atoms with Gasteiger partial charge in [0.15, 0.2) is 11.5 Å². The van der Waals surface area contributed by atoms with Crippen LogP contribution >= 0.6 is 0 Å². The molecule has 1 aromatic carbocycles. The number of rotatable bonds is 5. The van der Waals surface area contributed by atoms with Gasteiger partial charge in [0, 0.05) is 6.04 Å². The number of aliphatic hydroxyl groups excluding tert-OH is 1. The van der Waals surface area contributed by atoms with E-state index in [0.717, 1.165) is 0 Å². The molecule has 0 saturated carbocycles. The Morgan fingerprint density at radius 2 is 1.71 bits per heavy atom. The number of nitrogens with zero attached hydrogens (tertiary/aromatic N) is 3. The molecule has 0 radical (unpaired) electrons. The molecule has 9 heteroatoms. The number of carbonyl (C=O) groups excluding carboxylic acids is 3. The Labute approximate surface area is 189 Å². The van der Waals surface area contributed by atoms with Gasteiger partial charge in [-0.05, 0) is 25.0 Å². The topological polar surface area (TPSA) is 109 Å². The Kier molecular flexibility index (Phi) is 5.44. The predicted molar refractivity (Wildman–Crippen MR) is 105 cm³/mol. The van der Waals surface area contributed by atoms with E-state index >= 15 is 0 Å². The van der Waals surface area contributed by atoms with Gasteiger partial charge in [0.1, 0.15) is 5.76 Å². The Morgan fingerprint density at radius 1 is 1.03 bits per heavy atom. The SMILES string of the molecule is CCC(CC)N1C(=O)c2cccc(N=NC3=C(O)C4C5C=CC(O5)C4C3=O)c2C1=O.[Ni+2]. The molecule has 8 nitrogen and oxygen atoms in total. The average molecular weight is 466 g/mol. The molecule has 4 aliphatic rings. The Bertz CT molecular complexity index is 1070. The molecule has 3 heterocycles. The molecule has 4 unspecified atom stereocenters. The number of ether oxygens (including phenoxy) is 1. The third-order valence-electron chi connectivity index (χ3n) is 6.48. The van der Waals surface area contributed by atoms with Crippen molar-refractivity contribution in [2.75, 3.05) is 0 Å². The van der Waals surface area contributed by atoms with Crippen molar-refractivity contribution in [3.8, 4) is 0 Å². The van der Waals surface area contributed by atoms with Gasteiger partial charge in [-0.3, -0.25) is 19.3 Å². The molecule has 162 valence electrons. The fraction of sp³-hybridized carbons (Fsp3) is 0.409. The molecular formula is C22H21N3NiO5+2. The molecule has 0 aromatic heterocycles. The molecule has 2 amide bonds. The minimum atomic E-state index is -0.482. The van der Waals surface area contributed by atoms with Crippen LogP contribution in [-0.2, 0) is 26.0 Å². The van der Waals surface area contributed by atoms with E-state index in [2.05, 4.69) is 10.2 Å². The zero-order valence-electron chi connectivity index (χ0n) is 16.9. The molecule has 1 fully saturated rings. The number of imide groups is 1. The summed E-state index contributed by atoms with van der Waals surface area (Å²) in [5.74, 6) is -2.10. The van der Waals surface area contributed by atoms with Gasteiger partial charge in [0.2, 0.25) is 0 Å². The van der Waals surface area contributed by atoms with Gasteiger partial charge in [-0.25, -0.2) is 0 Å². The first kappa shape index (κ1) is 21.6. The summed E-state index contributed by atoms with van der Waals surface area (Å²) in [5, 5.41) is 18.7. The molecule has 31 heavy (non-hydrogen) atoms. The normalized spacial score (nSPS) is 28.4. The number of allylic oxidation sites excluding steroid dienone is 1. The maximum absolute atomic E-state index is 13.0. The van der Waals surface area contributed by atoms with E-state index in [0.29, 0.717) is 12.8 Å². The fourth-order valence-electron chi connectivity index (χ4n) is 4.95. The van der Waals surface area contributed by atoms with Gasteiger partial charge in [-0.2, -0.15) is 0 Å².